The molecule has 0 fully saturated rings. The largest absolute Gasteiger partial charge is 0.395 e. The smallest absolute Gasteiger partial charge is 0.148 e. The molecule has 0 radical (unpaired) electrons. The van der Waals surface area contributed by atoms with Gasteiger partial charge in [-0.25, -0.2) is 4.39 Å². The lowest BCUT2D eigenvalue weighted by atomic mass is 10.2. The Hall–Kier alpha value is -1.29. The average molecular weight is 197 g/mol. The van der Waals surface area contributed by atoms with Gasteiger partial charge in [-0.2, -0.15) is 0 Å². The van der Waals surface area contributed by atoms with Crippen molar-refractivity contribution < 1.29 is 4.39 Å². The second kappa shape index (κ2) is 4.81. The maximum Gasteiger partial charge on any atom is 0.148 e. The van der Waals surface area contributed by atoms with Crippen molar-refractivity contribution in [3.05, 3.63) is 24.0 Å². The molecule has 0 spiro atoms. The van der Waals surface area contributed by atoms with Crippen molar-refractivity contribution >= 4 is 11.4 Å². The molecule has 0 atom stereocenters. The Kier molecular flexibility index (Phi) is 3.71. The van der Waals surface area contributed by atoms with Crippen LogP contribution in [0.1, 0.15) is 0 Å². The maximum absolute atomic E-state index is 13.0. The molecule has 0 bridgehead atoms. The van der Waals surface area contributed by atoms with E-state index in [-0.39, 0.29) is 11.5 Å². The number of benzene rings is 1. The van der Waals surface area contributed by atoms with Crippen LogP contribution in [0.4, 0.5) is 15.8 Å². The van der Waals surface area contributed by atoms with E-state index in [2.05, 4.69) is 5.32 Å². The number of likely N-dealkylation sites (N-methyl/N-ethyl adjacent to an activating group) is 1. The highest BCUT2D eigenvalue weighted by Crippen LogP contribution is 2.20. The third-order valence-corrected chi connectivity index (χ3v) is 1.93. The van der Waals surface area contributed by atoms with E-state index in [4.69, 9.17) is 5.73 Å². The van der Waals surface area contributed by atoms with Crippen molar-refractivity contribution in [1.29, 1.82) is 0 Å². The highest BCUT2D eigenvalue weighted by Gasteiger charge is 2.02. The molecule has 3 nitrogen and oxygen atoms in total. The number of nitrogens with two attached hydrogens (primary N) is 1. The molecule has 78 valence electrons. The predicted octanol–water partition coefficient (Wildman–Crippen LogP) is 1.38. The molecular formula is C10H16FN3. The van der Waals surface area contributed by atoms with Gasteiger partial charge < -0.3 is 16.0 Å². The minimum atomic E-state index is -0.375. The van der Waals surface area contributed by atoms with Gasteiger partial charge >= 0.3 is 0 Å². The summed E-state index contributed by atoms with van der Waals surface area (Å²) in [5.74, 6) is -0.375. The molecule has 0 aliphatic rings. The number of hydrogen-bond acceptors (Lipinski definition) is 3. The predicted molar refractivity (Wildman–Crippen MR) is 57.9 cm³/mol. The minimum absolute atomic E-state index is 0.186. The fraction of sp³-hybridized carbons (Fsp3) is 0.400. The van der Waals surface area contributed by atoms with Gasteiger partial charge in [0, 0.05) is 13.1 Å². The van der Waals surface area contributed by atoms with Crippen LogP contribution in [0.3, 0.4) is 0 Å². The van der Waals surface area contributed by atoms with Crippen molar-refractivity contribution in [3.63, 3.8) is 0 Å². The minimum Gasteiger partial charge on any atom is -0.395 e. The number of hydrogen-bond donors (Lipinski definition) is 2. The zero-order chi connectivity index (χ0) is 10.6. The number of rotatable bonds is 4. The first-order valence-corrected chi connectivity index (χ1v) is 4.54. The summed E-state index contributed by atoms with van der Waals surface area (Å²) in [4.78, 5) is 2.04. The Morgan fingerprint density at radius 1 is 1.43 bits per heavy atom. The van der Waals surface area contributed by atoms with E-state index in [1.54, 1.807) is 12.1 Å². The van der Waals surface area contributed by atoms with E-state index in [1.807, 2.05) is 19.0 Å². The van der Waals surface area contributed by atoms with Crippen LogP contribution in [0.15, 0.2) is 18.2 Å². The summed E-state index contributed by atoms with van der Waals surface area (Å²) in [6, 6.07) is 4.77. The van der Waals surface area contributed by atoms with Gasteiger partial charge in [0.1, 0.15) is 5.82 Å². The Morgan fingerprint density at radius 2 is 2.14 bits per heavy atom. The van der Waals surface area contributed by atoms with E-state index >= 15 is 0 Å². The molecule has 0 aliphatic heterocycles. The molecule has 0 amide bonds. The van der Waals surface area contributed by atoms with Crippen LogP contribution in [-0.2, 0) is 0 Å². The topological polar surface area (TPSA) is 41.3 Å². The standard InChI is InChI=1S/C10H16FN3/c1-14(2)7-6-13-9-5-3-4-8(11)10(9)12/h3-5,13H,6-7,12H2,1-2H3. The number of nitrogens with one attached hydrogen (secondary N) is 1. The molecule has 3 N–H and O–H groups in total. The van der Waals surface area contributed by atoms with Crippen molar-refractivity contribution in [1.82, 2.24) is 4.90 Å². The molecule has 1 aromatic rings. The van der Waals surface area contributed by atoms with Gasteiger partial charge in [-0.3, -0.25) is 0 Å². The van der Waals surface area contributed by atoms with Gasteiger partial charge in [0.25, 0.3) is 0 Å². The van der Waals surface area contributed by atoms with E-state index in [1.165, 1.54) is 6.07 Å². The lowest BCUT2D eigenvalue weighted by Gasteiger charge is -2.12. The van der Waals surface area contributed by atoms with Crippen LogP contribution >= 0.6 is 0 Å². The summed E-state index contributed by atoms with van der Waals surface area (Å²) in [5.41, 5.74) is 6.39. The molecule has 0 saturated carbocycles. The van der Waals surface area contributed by atoms with Gasteiger partial charge in [-0.05, 0) is 26.2 Å². The van der Waals surface area contributed by atoms with Crippen LogP contribution in [0.2, 0.25) is 0 Å². The van der Waals surface area contributed by atoms with Crippen LogP contribution in [0.25, 0.3) is 0 Å². The Morgan fingerprint density at radius 3 is 2.79 bits per heavy atom. The molecule has 1 rings (SSSR count). The summed E-state index contributed by atoms with van der Waals surface area (Å²) < 4.78 is 13.0. The summed E-state index contributed by atoms with van der Waals surface area (Å²) in [6.45, 7) is 1.64. The zero-order valence-corrected chi connectivity index (χ0v) is 8.55. The van der Waals surface area contributed by atoms with E-state index in [0.29, 0.717) is 5.69 Å². The fourth-order valence-electron chi connectivity index (χ4n) is 1.11. The van der Waals surface area contributed by atoms with Gasteiger partial charge in [0.05, 0.1) is 11.4 Å². The summed E-state index contributed by atoms with van der Waals surface area (Å²) in [6.07, 6.45) is 0. The first kappa shape index (κ1) is 10.8. The molecule has 0 heterocycles. The monoisotopic (exact) mass is 197 g/mol. The van der Waals surface area contributed by atoms with Crippen LogP contribution in [0, 0.1) is 5.82 Å². The van der Waals surface area contributed by atoms with Crippen LogP contribution < -0.4 is 11.1 Å². The first-order valence-electron chi connectivity index (χ1n) is 4.54. The average Bonchev–Trinajstić information content (AvgIpc) is 2.12. The number of anilines is 2. The van der Waals surface area contributed by atoms with Gasteiger partial charge in [0.15, 0.2) is 0 Å². The molecule has 0 aliphatic carbocycles. The van der Waals surface area contributed by atoms with Crippen molar-refractivity contribution in [3.8, 4) is 0 Å². The summed E-state index contributed by atoms with van der Waals surface area (Å²) in [7, 11) is 3.97. The van der Waals surface area contributed by atoms with Crippen molar-refractivity contribution in [2.24, 2.45) is 0 Å². The van der Waals surface area contributed by atoms with E-state index in [9.17, 15) is 4.39 Å². The van der Waals surface area contributed by atoms with Gasteiger partial charge in [0.2, 0.25) is 0 Å². The third-order valence-electron chi connectivity index (χ3n) is 1.93. The molecule has 0 saturated heterocycles. The van der Waals surface area contributed by atoms with Crippen molar-refractivity contribution in [2.75, 3.05) is 38.2 Å². The number of para-hydroxylation sites is 1. The molecular weight excluding hydrogens is 181 g/mol. The van der Waals surface area contributed by atoms with E-state index in [0.717, 1.165) is 13.1 Å². The maximum atomic E-state index is 13.0. The zero-order valence-electron chi connectivity index (χ0n) is 8.55. The Labute approximate surface area is 83.7 Å². The normalized spacial score (nSPS) is 10.6. The number of nitrogens with zero attached hydrogens (tertiary/aromatic N) is 1. The lowest BCUT2D eigenvalue weighted by molar-refractivity contribution is 0.425. The second-order valence-electron chi connectivity index (χ2n) is 3.43. The molecule has 0 aromatic heterocycles. The second-order valence-corrected chi connectivity index (χ2v) is 3.43. The fourth-order valence-corrected chi connectivity index (χ4v) is 1.11. The van der Waals surface area contributed by atoms with Crippen molar-refractivity contribution in [2.45, 2.75) is 0 Å². The highest BCUT2D eigenvalue weighted by molar-refractivity contribution is 5.66. The number of halogens is 1. The number of nitrogen functional groups attached to an aromatic ring is 1. The SMILES string of the molecule is CN(C)CCNc1cccc(F)c1N. The quantitative estimate of drug-likeness (QED) is 0.716. The Balaban J connectivity index is 2.54. The molecule has 1 aromatic carbocycles. The first-order chi connectivity index (χ1) is 6.61. The summed E-state index contributed by atoms with van der Waals surface area (Å²) in [5, 5.41) is 3.08. The van der Waals surface area contributed by atoms with Gasteiger partial charge in [-0.15, -0.1) is 0 Å². The molecule has 14 heavy (non-hydrogen) atoms. The van der Waals surface area contributed by atoms with E-state index < -0.39 is 0 Å². The van der Waals surface area contributed by atoms with Gasteiger partial charge in [-0.1, -0.05) is 6.07 Å². The third kappa shape index (κ3) is 2.88. The Bertz CT molecular complexity index is 299. The lowest BCUT2D eigenvalue weighted by Crippen LogP contribution is -2.21. The summed E-state index contributed by atoms with van der Waals surface area (Å²) >= 11 is 0. The highest BCUT2D eigenvalue weighted by atomic mass is 19.1. The molecule has 0 unspecified atom stereocenters. The van der Waals surface area contributed by atoms with Crippen LogP contribution in [-0.4, -0.2) is 32.1 Å². The van der Waals surface area contributed by atoms with Crippen LogP contribution in [0.5, 0.6) is 0 Å². The molecule has 4 heteroatoms.